The predicted octanol–water partition coefficient (Wildman–Crippen LogP) is 2.30. The largest absolute Gasteiger partial charge is 0.342 e. The summed E-state index contributed by atoms with van der Waals surface area (Å²) >= 11 is 0. The first-order valence-electron chi connectivity index (χ1n) is 7.54. The van der Waals surface area contributed by atoms with Crippen LogP contribution in [0.2, 0.25) is 0 Å². The number of allylic oxidation sites excluding steroid dienone is 2. The lowest BCUT2D eigenvalue weighted by Crippen LogP contribution is -2.42. The normalized spacial score (nSPS) is 23.4. The summed E-state index contributed by atoms with van der Waals surface area (Å²) < 4.78 is 5.19. The fourth-order valence-electron chi connectivity index (χ4n) is 3.04. The van der Waals surface area contributed by atoms with Gasteiger partial charge in [0.1, 0.15) is 0 Å². The van der Waals surface area contributed by atoms with Gasteiger partial charge in [-0.15, -0.1) is 0 Å². The number of amides is 1. The Kier molecular flexibility index (Phi) is 3.85. The molecule has 0 radical (unpaired) electrons. The van der Waals surface area contributed by atoms with E-state index in [9.17, 15) is 4.79 Å². The summed E-state index contributed by atoms with van der Waals surface area (Å²) in [4.78, 5) is 18.9. The predicted molar refractivity (Wildman–Crippen MR) is 74.1 cm³/mol. The van der Waals surface area contributed by atoms with Gasteiger partial charge in [-0.25, -0.2) is 0 Å². The minimum atomic E-state index is 0.158. The zero-order valence-electron chi connectivity index (χ0n) is 11.9. The molecule has 2 heterocycles. The lowest BCUT2D eigenvalue weighted by molar-refractivity contribution is -0.136. The first kappa shape index (κ1) is 13.3. The Hall–Kier alpha value is -1.65. The van der Waals surface area contributed by atoms with Crippen LogP contribution in [0.25, 0.3) is 0 Å². The van der Waals surface area contributed by atoms with Crippen LogP contribution in [-0.4, -0.2) is 34.0 Å². The Morgan fingerprint density at radius 2 is 2.25 bits per heavy atom. The molecule has 5 nitrogen and oxygen atoms in total. The molecule has 1 saturated heterocycles. The maximum Gasteiger partial charge on any atom is 0.226 e. The highest BCUT2D eigenvalue weighted by Gasteiger charge is 2.31. The number of aryl methyl sites for hydroxylation is 1. The summed E-state index contributed by atoms with van der Waals surface area (Å²) in [7, 11) is 0. The lowest BCUT2D eigenvalue weighted by Gasteiger charge is -2.33. The quantitative estimate of drug-likeness (QED) is 0.794. The fraction of sp³-hybridized carbons (Fsp3) is 0.667. The number of aromatic nitrogens is 2. The Morgan fingerprint density at radius 3 is 2.95 bits per heavy atom. The summed E-state index contributed by atoms with van der Waals surface area (Å²) in [5, 5.41) is 4.07. The highest BCUT2D eigenvalue weighted by Crippen LogP contribution is 2.28. The second-order valence-corrected chi connectivity index (χ2v) is 5.66. The first-order chi connectivity index (χ1) is 9.78. The van der Waals surface area contributed by atoms with E-state index in [2.05, 4.69) is 22.3 Å². The van der Waals surface area contributed by atoms with E-state index < -0.39 is 0 Å². The average Bonchev–Trinajstić information content (AvgIpc) is 3.17. The second-order valence-electron chi connectivity index (χ2n) is 5.66. The molecule has 1 amide bonds. The molecule has 1 aromatic rings. The highest BCUT2D eigenvalue weighted by molar-refractivity contribution is 5.79. The molecule has 1 aromatic heterocycles. The third-order valence-corrected chi connectivity index (χ3v) is 4.24. The molecule has 1 aliphatic heterocycles. The summed E-state index contributed by atoms with van der Waals surface area (Å²) in [6.45, 7) is 3.60. The van der Waals surface area contributed by atoms with Crippen molar-refractivity contribution >= 4 is 5.91 Å². The molecule has 1 fully saturated rings. The third-order valence-electron chi connectivity index (χ3n) is 4.24. The summed E-state index contributed by atoms with van der Waals surface area (Å²) in [6.07, 6.45) is 8.82. The van der Waals surface area contributed by atoms with Crippen LogP contribution in [0.15, 0.2) is 16.7 Å². The Bertz CT molecular complexity index is 501. The van der Waals surface area contributed by atoms with E-state index >= 15 is 0 Å². The van der Waals surface area contributed by atoms with Crippen LogP contribution >= 0.6 is 0 Å². The van der Waals surface area contributed by atoms with Crippen LogP contribution in [0.4, 0.5) is 0 Å². The first-order valence-corrected chi connectivity index (χ1v) is 7.54. The molecular weight excluding hydrogens is 254 g/mol. The van der Waals surface area contributed by atoms with Crippen molar-refractivity contribution in [3.8, 4) is 0 Å². The summed E-state index contributed by atoms with van der Waals surface area (Å²) in [5.74, 6) is 2.13. The van der Waals surface area contributed by atoms with Gasteiger partial charge in [0.25, 0.3) is 0 Å². The molecule has 3 rings (SSSR count). The average molecular weight is 275 g/mol. The van der Waals surface area contributed by atoms with E-state index in [-0.39, 0.29) is 11.8 Å². The van der Waals surface area contributed by atoms with Gasteiger partial charge in [0.15, 0.2) is 5.82 Å². The monoisotopic (exact) mass is 275 g/mol. The molecule has 2 aliphatic rings. The number of rotatable bonds is 3. The number of piperidine rings is 1. The molecule has 0 spiro atoms. The molecule has 1 aliphatic carbocycles. The van der Waals surface area contributed by atoms with Crippen molar-refractivity contribution in [2.75, 3.05) is 13.1 Å². The van der Waals surface area contributed by atoms with E-state index in [1.165, 1.54) is 0 Å². The van der Waals surface area contributed by atoms with Crippen LogP contribution in [0.3, 0.4) is 0 Å². The zero-order chi connectivity index (χ0) is 13.9. The molecule has 1 atom stereocenters. The van der Waals surface area contributed by atoms with E-state index in [0.29, 0.717) is 11.8 Å². The maximum atomic E-state index is 12.5. The molecule has 0 saturated carbocycles. The number of hydrogen-bond acceptors (Lipinski definition) is 4. The molecule has 1 unspecified atom stereocenters. The van der Waals surface area contributed by atoms with Crippen LogP contribution in [0.5, 0.6) is 0 Å². The van der Waals surface area contributed by atoms with Crippen molar-refractivity contribution in [2.24, 2.45) is 5.92 Å². The van der Waals surface area contributed by atoms with Crippen LogP contribution < -0.4 is 0 Å². The van der Waals surface area contributed by atoms with Crippen molar-refractivity contribution in [3.05, 3.63) is 23.9 Å². The van der Waals surface area contributed by atoms with E-state index in [0.717, 1.165) is 51.0 Å². The van der Waals surface area contributed by atoms with Crippen LogP contribution in [-0.2, 0) is 11.2 Å². The van der Waals surface area contributed by atoms with Gasteiger partial charge in [-0.1, -0.05) is 24.2 Å². The molecule has 0 bridgehead atoms. The highest BCUT2D eigenvalue weighted by atomic mass is 16.5. The van der Waals surface area contributed by atoms with Gasteiger partial charge in [0.2, 0.25) is 11.8 Å². The van der Waals surface area contributed by atoms with Crippen LogP contribution in [0.1, 0.15) is 50.2 Å². The number of hydrogen-bond donors (Lipinski definition) is 0. The SMILES string of the molecule is CCc1nc(C2CCCN(C(=O)C3CC=CC3)C2)no1. The van der Waals surface area contributed by atoms with Gasteiger partial charge in [-0.2, -0.15) is 4.98 Å². The fourth-order valence-corrected chi connectivity index (χ4v) is 3.04. The lowest BCUT2D eigenvalue weighted by atomic mass is 9.95. The molecule has 20 heavy (non-hydrogen) atoms. The van der Waals surface area contributed by atoms with Crippen molar-refractivity contribution < 1.29 is 9.32 Å². The minimum absolute atomic E-state index is 0.158. The number of nitrogens with zero attached hydrogens (tertiary/aromatic N) is 3. The van der Waals surface area contributed by atoms with Crippen molar-refractivity contribution in [2.45, 2.75) is 44.9 Å². The van der Waals surface area contributed by atoms with Crippen molar-refractivity contribution in [1.82, 2.24) is 15.0 Å². The smallest absolute Gasteiger partial charge is 0.226 e. The second kappa shape index (κ2) is 5.77. The van der Waals surface area contributed by atoms with E-state index in [1.54, 1.807) is 0 Å². The molecule has 0 aromatic carbocycles. The van der Waals surface area contributed by atoms with Gasteiger partial charge in [0, 0.05) is 31.3 Å². The third kappa shape index (κ3) is 2.62. The van der Waals surface area contributed by atoms with Gasteiger partial charge in [0.05, 0.1) is 0 Å². The number of carbonyl (C=O) groups excluding carboxylic acids is 1. The Balaban J connectivity index is 1.65. The molecular formula is C15H21N3O2. The molecule has 0 N–H and O–H groups in total. The van der Waals surface area contributed by atoms with Gasteiger partial charge in [-0.3, -0.25) is 4.79 Å². The maximum absolute atomic E-state index is 12.5. The summed E-state index contributed by atoms with van der Waals surface area (Å²) in [6, 6.07) is 0. The van der Waals surface area contributed by atoms with E-state index in [4.69, 9.17) is 4.52 Å². The molecule has 5 heteroatoms. The number of carbonyl (C=O) groups is 1. The van der Waals surface area contributed by atoms with Crippen molar-refractivity contribution in [1.29, 1.82) is 0 Å². The van der Waals surface area contributed by atoms with Gasteiger partial charge < -0.3 is 9.42 Å². The minimum Gasteiger partial charge on any atom is -0.342 e. The summed E-state index contributed by atoms with van der Waals surface area (Å²) in [5.41, 5.74) is 0. The Labute approximate surface area is 119 Å². The zero-order valence-corrected chi connectivity index (χ0v) is 11.9. The van der Waals surface area contributed by atoms with Crippen LogP contribution in [0, 0.1) is 5.92 Å². The standard InChI is InChI=1S/C15H21N3O2/c1-2-13-16-14(17-20-13)12-8-5-9-18(10-12)15(19)11-6-3-4-7-11/h3-4,11-12H,2,5-10H2,1H3. The van der Waals surface area contributed by atoms with Gasteiger partial charge in [-0.05, 0) is 25.7 Å². The van der Waals surface area contributed by atoms with Crippen molar-refractivity contribution in [3.63, 3.8) is 0 Å². The van der Waals surface area contributed by atoms with E-state index in [1.807, 2.05) is 11.8 Å². The number of likely N-dealkylation sites (tertiary alicyclic amines) is 1. The topological polar surface area (TPSA) is 59.2 Å². The van der Waals surface area contributed by atoms with Gasteiger partial charge >= 0.3 is 0 Å². The molecule has 108 valence electrons. The Morgan fingerprint density at radius 1 is 1.45 bits per heavy atom.